The first-order valence-electron chi connectivity index (χ1n) is 9.66. The van der Waals surface area contributed by atoms with Gasteiger partial charge in [0.1, 0.15) is 6.04 Å². The summed E-state index contributed by atoms with van der Waals surface area (Å²) < 4.78 is 22.4. The number of hydrogen-bond donors (Lipinski definition) is 4. The summed E-state index contributed by atoms with van der Waals surface area (Å²) >= 11 is 0. The molecule has 166 valence electrons. The second-order valence-corrected chi connectivity index (χ2v) is 10.7. The highest BCUT2D eigenvalue weighted by molar-refractivity contribution is 7.92. The molecule has 1 atom stereocenters. The summed E-state index contributed by atoms with van der Waals surface area (Å²) in [6.45, 7) is 2.77. The van der Waals surface area contributed by atoms with Crippen molar-refractivity contribution in [3.8, 4) is 23.7 Å². The van der Waals surface area contributed by atoms with Gasteiger partial charge in [0.15, 0.2) is 9.84 Å². The minimum absolute atomic E-state index is 0.195. The minimum Gasteiger partial charge on any atom is -0.396 e. The fourth-order valence-corrected chi connectivity index (χ4v) is 3.59. The topological polar surface area (TPSA) is 133 Å². The maximum absolute atomic E-state index is 12.5. The third-order valence-electron chi connectivity index (χ3n) is 5.49. The number of hydroxylamine groups is 1. The lowest BCUT2D eigenvalue weighted by molar-refractivity contribution is -0.131. The van der Waals surface area contributed by atoms with Crippen LogP contribution in [0.2, 0.25) is 0 Å². The molecule has 0 bridgehead atoms. The summed E-state index contributed by atoms with van der Waals surface area (Å²) in [5.74, 6) is 10.4. The third-order valence-corrected chi connectivity index (χ3v) is 7.63. The van der Waals surface area contributed by atoms with E-state index in [4.69, 9.17) is 10.3 Å². The van der Waals surface area contributed by atoms with Crippen molar-refractivity contribution in [2.45, 2.75) is 37.5 Å². The van der Waals surface area contributed by atoms with Crippen LogP contribution in [0.25, 0.3) is 0 Å². The van der Waals surface area contributed by atoms with E-state index in [0.717, 1.165) is 19.1 Å². The molecule has 1 fully saturated rings. The predicted molar refractivity (Wildman–Crippen MR) is 115 cm³/mol. The summed E-state index contributed by atoms with van der Waals surface area (Å²) in [6.07, 6.45) is 2.73. The molecule has 0 saturated heterocycles. The molecule has 0 radical (unpaired) electrons. The van der Waals surface area contributed by atoms with Crippen LogP contribution in [0.4, 0.5) is 0 Å². The zero-order valence-electron chi connectivity index (χ0n) is 17.6. The molecule has 1 aromatic rings. The van der Waals surface area contributed by atoms with Crippen molar-refractivity contribution in [2.75, 3.05) is 12.9 Å². The highest BCUT2D eigenvalue weighted by atomic mass is 32.2. The number of amides is 2. The number of aliphatic hydroxyl groups is 1. The Kier molecular flexibility index (Phi) is 7.85. The van der Waals surface area contributed by atoms with Crippen molar-refractivity contribution < 1.29 is 28.3 Å². The zero-order valence-corrected chi connectivity index (χ0v) is 18.4. The summed E-state index contributed by atoms with van der Waals surface area (Å²) in [5, 5.41) is 20.3. The van der Waals surface area contributed by atoms with E-state index in [-0.39, 0.29) is 18.1 Å². The molecule has 1 saturated carbocycles. The molecule has 9 heteroatoms. The summed E-state index contributed by atoms with van der Waals surface area (Å²) in [4.78, 5) is 24.5. The monoisotopic (exact) mass is 446 g/mol. The van der Waals surface area contributed by atoms with Gasteiger partial charge in [0.25, 0.3) is 11.8 Å². The Balaban J connectivity index is 2.07. The van der Waals surface area contributed by atoms with Crippen LogP contribution in [-0.4, -0.2) is 54.2 Å². The molecule has 1 aliphatic carbocycles. The Labute approximate surface area is 182 Å². The van der Waals surface area contributed by atoms with E-state index in [1.165, 1.54) is 31.5 Å². The number of carbonyl (C=O) groups is 2. The average Bonchev–Trinajstić information content (AvgIpc) is 2.69. The van der Waals surface area contributed by atoms with Crippen LogP contribution in [0.1, 0.15) is 42.6 Å². The molecule has 0 spiro atoms. The fourth-order valence-electron chi connectivity index (χ4n) is 3.00. The van der Waals surface area contributed by atoms with Gasteiger partial charge in [-0.2, -0.15) is 0 Å². The SMILES string of the molecule is CC(C)(C(NC(=O)c1ccc(C#CC#CC2CC(CO)C2)cc1)C(=O)NO)S(C)(=O)=O. The van der Waals surface area contributed by atoms with Gasteiger partial charge < -0.3 is 10.4 Å². The quantitative estimate of drug-likeness (QED) is 0.286. The average molecular weight is 447 g/mol. The van der Waals surface area contributed by atoms with Crippen molar-refractivity contribution >= 4 is 21.7 Å². The standard InChI is InChI=1S/C22H26N2O6S/c1-22(2,31(3,29)30)19(21(27)24-28)23-20(26)18-10-8-15(9-11-18)6-4-5-7-16-12-17(13-16)14-25/h8-11,16-17,19,25,28H,12-14H2,1-3H3,(H,23,26)(H,24,27). The number of hydrogen-bond acceptors (Lipinski definition) is 6. The molecular formula is C22H26N2O6S. The van der Waals surface area contributed by atoms with Gasteiger partial charge >= 0.3 is 0 Å². The van der Waals surface area contributed by atoms with Crippen LogP contribution < -0.4 is 10.8 Å². The highest BCUT2D eigenvalue weighted by Gasteiger charge is 2.44. The Morgan fingerprint density at radius 1 is 1.19 bits per heavy atom. The van der Waals surface area contributed by atoms with Gasteiger partial charge in [0.05, 0.1) is 4.75 Å². The molecule has 2 rings (SSSR count). The molecule has 1 aliphatic rings. The lowest BCUT2D eigenvalue weighted by Gasteiger charge is -2.31. The number of carbonyl (C=O) groups excluding carboxylic acids is 2. The zero-order chi connectivity index (χ0) is 23.2. The van der Waals surface area contributed by atoms with E-state index in [0.29, 0.717) is 11.5 Å². The van der Waals surface area contributed by atoms with Crippen LogP contribution in [-0.2, 0) is 14.6 Å². The first-order chi connectivity index (χ1) is 14.5. The van der Waals surface area contributed by atoms with E-state index in [1.807, 2.05) is 0 Å². The lowest BCUT2D eigenvalue weighted by Crippen LogP contribution is -2.60. The molecular weight excluding hydrogens is 420 g/mol. The van der Waals surface area contributed by atoms with Crippen LogP contribution in [0.15, 0.2) is 24.3 Å². The maximum atomic E-state index is 12.5. The summed E-state index contributed by atoms with van der Waals surface area (Å²) in [6, 6.07) is 4.69. The van der Waals surface area contributed by atoms with E-state index in [2.05, 4.69) is 29.0 Å². The second kappa shape index (κ2) is 9.97. The fraction of sp³-hybridized carbons (Fsp3) is 0.455. The van der Waals surface area contributed by atoms with Gasteiger partial charge in [0, 0.05) is 29.9 Å². The van der Waals surface area contributed by atoms with E-state index >= 15 is 0 Å². The Morgan fingerprint density at radius 3 is 2.32 bits per heavy atom. The smallest absolute Gasteiger partial charge is 0.267 e. The van der Waals surface area contributed by atoms with Gasteiger partial charge in [0.2, 0.25) is 0 Å². The Morgan fingerprint density at radius 2 is 1.81 bits per heavy atom. The van der Waals surface area contributed by atoms with Crippen LogP contribution in [0.3, 0.4) is 0 Å². The molecule has 0 heterocycles. The molecule has 0 aromatic heterocycles. The van der Waals surface area contributed by atoms with E-state index in [1.54, 1.807) is 12.1 Å². The van der Waals surface area contributed by atoms with Crippen LogP contribution in [0, 0.1) is 35.5 Å². The number of rotatable bonds is 6. The van der Waals surface area contributed by atoms with Crippen LogP contribution >= 0.6 is 0 Å². The lowest BCUT2D eigenvalue weighted by atomic mass is 9.76. The normalized spacial score (nSPS) is 18.9. The molecule has 4 N–H and O–H groups in total. The first kappa shape index (κ1) is 24.4. The molecule has 0 aliphatic heterocycles. The van der Waals surface area contributed by atoms with Gasteiger partial charge in [-0.3, -0.25) is 14.8 Å². The van der Waals surface area contributed by atoms with Crippen molar-refractivity contribution in [3.63, 3.8) is 0 Å². The van der Waals surface area contributed by atoms with E-state index in [9.17, 15) is 18.0 Å². The predicted octanol–water partition coefficient (Wildman–Crippen LogP) is 0.487. The highest BCUT2D eigenvalue weighted by Crippen LogP contribution is 2.32. The molecule has 31 heavy (non-hydrogen) atoms. The molecule has 1 unspecified atom stereocenters. The van der Waals surface area contributed by atoms with Crippen molar-refractivity contribution in [1.29, 1.82) is 0 Å². The van der Waals surface area contributed by atoms with Crippen LogP contribution in [0.5, 0.6) is 0 Å². The van der Waals surface area contributed by atoms with Gasteiger partial charge in [-0.25, -0.2) is 13.9 Å². The Bertz CT molecular complexity index is 1050. The van der Waals surface area contributed by atoms with E-state index < -0.39 is 32.4 Å². The molecule has 1 aromatic carbocycles. The summed E-state index contributed by atoms with van der Waals surface area (Å²) in [5.41, 5.74) is 2.23. The number of benzene rings is 1. The first-order valence-corrected chi connectivity index (χ1v) is 11.6. The maximum Gasteiger partial charge on any atom is 0.267 e. The van der Waals surface area contributed by atoms with Gasteiger partial charge in [-0.15, -0.1) is 0 Å². The second-order valence-electron chi connectivity index (χ2n) is 8.07. The number of aliphatic hydroxyl groups excluding tert-OH is 1. The molecule has 2 amide bonds. The van der Waals surface area contributed by atoms with Gasteiger partial charge in [-0.1, -0.05) is 11.8 Å². The van der Waals surface area contributed by atoms with Crippen molar-refractivity contribution in [2.24, 2.45) is 11.8 Å². The molecule has 8 nitrogen and oxygen atoms in total. The van der Waals surface area contributed by atoms with Gasteiger partial charge in [-0.05, 0) is 68.7 Å². The number of nitrogens with one attached hydrogen (secondary N) is 2. The minimum atomic E-state index is -3.74. The van der Waals surface area contributed by atoms with Crippen molar-refractivity contribution in [3.05, 3.63) is 35.4 Å². The van der Waals surface area contributed by atoms with Crippen molar-refractivity contribution in [1.82, 2.24) is 10.8 Å². The Hall–Kier alpha value is -2.85. The number of sulfone groups is 1. The largest absolute Gasteiger partial charge is 0.396 e. The summed E-state index contributed by atoms with van der Waals surface area (Å²) in [7, 11) is -3.74. The third kappa shape index (κ3) is 6.08.